The van der Waals surface area contributed by atoms with Crippen LogP contribution in [0.25, 0.3) is 10.8 Å². The number of fused-ring (bicyclic) bond motifs is 1. The van der Waals surface area contributed by atoms with Gasteiger partial charge < -0.3 is 5.11 Å². The summed E-state index contributed by atoms with van der Waals surface area (Å²) < 4.78 is 1.00. The van der Waals surface area contributed by atoms with Crippen LogP contribution in [0.15, 0.2) is 53.5 Å². The van der Waals surface area contributed by atoms with Crippen molar-refractivity contribution in [2.75, 3.05) is 0 Å². The number of hydrogen-bond donors (Lipinski definition) is 1. The average Bonchev–Trinajstić information content (AvgIpc) is 2.52. The fourth-order valence-electron chi connectivity index (χ4n) is 2.31. The molecule has 0 saturated heterocycles. The Bertz CT molecular complexity index is 928. The molecule has 22 heavy (non-hydrogen) atoms. The summed E-state index contributed by atoms with van der Waals surface area (Å²) in [6, 6.07) is 13.3. The summed E-state index contributed by atoms with van der Waals surface area (Å²) in [5.41, 5.74) is -0.748. The Hall–Kier alpha value is -3.22. The predicted molar refractivity (Wildman–Crippen MR) is 79.9 cm³/mol. The second-order valence-electron chi connectivity index (χ2n) is 4.74. The number of nitro groups is 1. The van der Waals surface area contributed by atoms with Crippen LogP contribution in [-0.2, 0) is 6.54 Å². The van der Waals surface area contributed by atoms with E-state index in [1.165, 1.54) is 0 Å². The Balaban J connectivity index is 2.08. The van der Waals surface area contributed by atoms with Crippen LogP contribution in [0.5, 0.6) is 5.75 Å². The Morgan fingerprint density at radius 2 is 1.91 bits per heavy atom. The zero-order valence-electron chi connectivity index (χ0n) is 11.3. The summed E-state index contributed by atoms with van der Waals surface area (Å²) in [6.45, 7) is 0.117. The molecule has 0 bridgehead atoms. The van der Waals surface area contributed by atoms with Crippen LogP contribution >= 0.6 is 0 Å². The van der Waals surface area contributed by atoms with Gasteiger partial charge in [0.2, 0.25) is 0 Å². The molecule has 1 heterocycles. The average molecular weight is 297 g/mol. The lowest BCUT2D eigenvalue weighted by molar-refractivity contribution is -0.386. The topological polar surface area (TPSA) is 98.3 Å². The molecule has 0 aliphatic carbocycles. The summed E-state index contributed by atoms with van der Waals surface area (Å²) in [5, 5.41) is 26.0. The molecule has 0 aliphatic rings. The van der Waals surface area contributed by atoms with Crippen molar-refractivity contribution in [2.45, 2.75) is 6.54 Å². The van der Waals surface area contributed by atoms with Crippen LogP contribution in [0.3, 0.4) is 0 Å². The predicted octanol–water partition coefficient (Wildman–Crippen LogP) is 2.06. The second-order valence-corrected chi connectivity index (χ2v) is 4.74. The van der Waals surface area contributed by atoms with Crippen LogP contribution in [0.2, 0.25) is 0 Å². The van der Waals surface area contributed by atoms with Gasteiger partial charge in [-0.05, 0) is 16.3 Å². The molecule has 0 saturated carbocycles. The minimum Gasteiger partial charge on any atom is -0.498 e. The van der Waals surface area contributed by atoms with Crippen molar-refractivity contribution >= 4 is 16.5 Å². The molecule has 0 aliphatic heterocycles. The summed E-state index contributed by atoms with van der Waals surface area (Å²) >= 11 is 0. The SMILES string of the molecule is O=c1c(O)c([N+](=O)[O-])cnn1Cc1cccc2ccccc12. The number of hydrogen-bond acceptors (Lipinski definition) is 5. The van der Waals surface area contributed by atoms with Crippen LogP contribution in [-0.4, -0.2) is 19.8 Å². The molecule has 0 amide bonds. The van der Waals surface area contributed by atoms with E-state index in [-0.39, 0.29) is 6.54 Å². The largest absolute Gasteiger partial charge is 0.498 e. The maximum absolute atomic E-state index is 12.0. The molecule has 0 unspecified atom stereocenters. The molecular weight excluding hydrogens is 286 g/mol. The second kappa shape index (κ2) is 5.28. The van der Waals surface area contributed by atoms with E-state index < -0.39 is 21.9 Å². The van der Waals surface area contributed by atoms with Gasteiger partial charge in [-0.25, -0.2) is 4.68 Å². The van der Waals surface area contributed by atoms with Gasteiger partial charge in [0, 0.05) is 0 Å². The van der Waals surface area contributed by atoms with Crippen LogP contribution in [0.1, 0.15) is 5.56 Å². The minimum atomic E-state index is -0.903. The maximum atomic E-state index is 12.0. The van der Waals surface area contributed by atoms with Crippen LogP contribution < -0.4 is 5.56 Å². The molecule has 0 fully saturated rings. The van der Waals surface area contributed by atoms with Gasteiger partial charge in [0.25, 0.3) is 5.75 Å². The number of aromatic nitrogens is 2. The maximum Gasteiger partial charge on any atom is 0.336 e. The molecular formula is C15H11N3O4. The van der Waals surface area contributed by atoms with Crippen molar-refractivity contribution in [2.24, 2.45) is 0 Å². The van der Waals surface area contributed by atoms with Gasteiger partial charge in [-0.1, -0.05) is 42.5 Å². The summed E-state index contributed by atoms with van der Waals surface area (Å²) in [6.07, 6.45) is 0.877. The standard InChI is InChI=1S/C15H11N3O4/c19-14-13(18(21)22)8-16-17(15(14)20)9-11-6-3-5-10-4-1-2-7-12(10)11/h1-8,19H,9H2. The van der Waals surface area contributed by atoms with Gasteiger partial charge >= 0.3 is 11.2 Å². The first kappa shape index (κ1) is 13.7. The minimum absolute atomic E-state index is 0.117. The summed E-state index contributed by atoms with van der Waals surface area (Å²) in [5.74, 6) is -0.903. The van der Waals surface area contributed by atoms with E-state index in [0.717, 1.165) is 27.2 Å². The van der Waals surface area contributed by atoms with Crippen molar-refractivity contribution in [1.82, 2.24) is 9.78 Å². The van der Waals surface area contributed by atoms with E-state index in [1.54, 1.807) is 0 Å². The molecule has 0 radical (unpaired) electrons. The quantitative estimate of drug-likeness (QED) is 0.589. The highest BCUT2D eigenvalue weighted by Gasteiger charge is 2.19. The third kappa shape index (κ3) is 2.28. The normalized spacial score (nSPS) is 10.7. The number of aromatic hydroxyl groups is 1. The van der Waals surface area contributed by atoms with Crippen molar-refractivity contribution in [3.63, 3.8) is 0 Å². The Labute approximate surface area is 124 Å². The fourth-order valence-corrected chi connectivity index (χ4v) is 2.31. The Morgan fingerprint density at radius 3 is 2.68 bits per heavy atom. The molecule has 0 spiro atoms. The first-order valence-electron chi connectivity index (χ1n) is 6.48. The molecule has 2 aromatic carbocycles. The summed E-state index contributed by atoms with van der Waals surface area (Å²) in [7, 11) is 0. The Morgan fingerprint density at radius 1 is 1.18 bits per heavy atom. The van der Waals surface area contributed by atoms with Gasteiger partial charge in [-0.15, -0.1) is 0 Å². The molecule has 1 N–H and O–H groups in total. The van der Waals surface area contributed by atoms with Gasteiger partial charge in [0.05, 0.1) is 11.5 Å². The van der Waals surface area contributed by atoms with Crippen LogP contribution in [0, 0.1) is 10.1 Å². The van der Waals surface area contributed by atoms with E-state index in [9.17, 15) is 20.0 Å². The lowest BCUT2D eigenvalue weighted by atomic mass is 10.0. The van der Waals surface area contributed by atoms with Gasteiger partial charge in [0.1, 0.15) is 6.20 Å². The third-order valence-electron chi connectivity index (χ3n) is 3.40. The van der Waals surface area contributed by atoms with E-state index in [4.69, 9.17) is 0 Å². The lowest BCUT2D eigenvalue weighted by Gasteiger charge is -2.08. The molecule has 7 nitrogen and oxygen atoms in total. The van der Waals surface area contributed by atoms with Gasteiger partial charge in [-0.2, -0.15) is 5.10 Å². The highest BCUT2D eigenvalue weighted by atomic mass is 16.6. The van der Waals surface area contributed by atoms with E-state index in [2.05, 4.69) is 5.10 Å². The fraction of sp³-hybridized carbons (Fsp3) is 0.0667. The van der Waals surface area contributed by atoms with E-state index in [1.807, 2.05) is 42.5 Å². The highest BCUT2D eigenvalue weighted by molar-refractivity contribution is 5.85. The molecule has 110 valence electrons. The lowest BCUT2D eigenvalue weighted by Crippen LogP contribution is -2.23. The van der Waals surface area contributed by atoms with Gasteiger partial charge in [-0.3, -0.25) is 14.9 Å². The van der Waals surface area contributed by atoms with E-state index >= 15 is 0 Å². The van der Waals surface area contributed by atoms with Crippen molar-refractivity contribution in [1.29, 1.82) is 0 Å². The molecule has 7 heteroatoms. The van der Waals surface area contributed by atoms with Crippen molar-refractivity contribution in [3.8, 4) is 5.75 Å². The number of nitrogens with zero attached hydrogens (tertiary/aromatic N) is 3. The number of benzene rings is 2. The first-order chi connectivity index (χ1) is 10.6. The molecule has 3 rings (SSSR count). The highest BCUT2D eigenvalue weighted by Crippen LogP contribution is 2.21. The van der Waals surface area contributed by atoms with Crippen molar-refractivity contribution in [3.05, 3.63) is 74.7 Å². The molecule has 3 aromatic rings. The monoisotopic (exact) mass is 297 g/mol. The van der Waals surface area contributed by atoms with E-state index in [0.29, 0.717) is 0 Å². The summed E-state index contributed by atoms with van der Waals surface area (Å²) in [4.78, 5) is 21.8. The van der Waals surface area contributed by atoms with Crippen LogP contribution in [0.4, 0.5) is 5.69 Å². The molecule has 1 aromatic heterocycles. The Kier molecular flexibility index (Phi) is 3.30. The zero-order valence-corrected chi connectivity index (χ0v) is 11.3. The first-order valence-corrected chi connectivity index (χ1v) is 6.48. The third-order valence-corrected chi connectivity index (χ3v) is 3.40. The zero-order chi connectivity index (χ0) is 15.7. The number of rotatable bonds is 3. The van der Waals surface area contributed by atoms with Crippen molar-refractivity contribution < 1.29 is 10.0 Å². The van der Waals surface area contributed by atoms with Gasteiger partial charge in [0.15, 0.2) is 0 Å². The molecule has 0 atom stereocenters. The smallest absolute Gasteiger partial charge is 0.336 e.